The molecule has 1 heterocycles. The van der Waals surface area contributed by atoms with Gasteiger partial charge >= 0.3 is 0 Å². The smallest absolute Gasteiger partial charge is 0.195 e. The first-order valence-electron chi connectivity index (χ1n) is 11.9. The van der Waals surface area contributed by atoms with E-state index in [2.05, 4.69) is 24.3 Å². The van der Waals surface area contributed by atoms with E-state index in [9.17, 15) is 4.79 Å². The van der Waals surface area contributed by atoms with Gasteiger partial charge in [0.25, 0.3) is 0 Å². The van der Waals surface area contributed by atoms with Gasteiger partial charge < -0.3 is 9.47 Å². The lowest BCUT2D eigenvalue weighted by Crippen LogP contribution is -2.00. The topological polar surface area (TPSA) is 35.5 Å². The van der Waals surface area contributed by atoms with Crippen LogP contribution in [0, 0.1) is 0 Å². The van der Waals surface area contributed by atoms with Gasteiger partial charge in [0.2, 0.25) is 0 Å². The van der Waals surface area contributed by atoms with Gasteiger partial charge in [-0.3, -0.25) is 4.79 Å². The van der Waals surface area contributed by atoms with E-state index in [4.69, 9.17) is 9.47 Å². The van der Waals surface area contributed by atoms with Gasteiger partial charge in [0.1, 0.15) is 18.1 Å². The third-order valence-electron chi connectivity index (χ3n) is 6.32. The average Bonchev–Trinajstić information content (AvgIpc) is 3.56. The zero-order valence-corrected chi connectivity index (χ0v) is 20.6. The predicted octanol–water partition coefficient (Wildman–Crippen LogP) is 7.31. The van der Waals surface area contributed by atoms with Crippen molar-refractivity contribution in [3.05, 3.63) is 123 Å². The van der Waals surface area contributed by atoms with Gasteiger partial charge in [0, 0.05) is 16.9 Å². The molecule has 0 fully saturated rings. The zero-order valence-electron chi connectivity index (χ0n) is 19.8. The lowest BCUT2D eigenvalue weighted by molar-refractivity contribution is 0.105. The number of hydrogen-bond donors (Lipinski definition) is 0. The highest BCUT2D eigenvalue weighted by Crippen LogP contribution is 2.28. The normalized spacial score (nSPS) is 12.6. The second-order valence-corrected chi connectivity index (χ2v) is 9.94. The lowest BCUT2D eigenvalue weighted by Gasteiger charge is -2.12. The number of rotatable bonds is 9. The number of fused-ring (bicyclic) bond motifs is 1. The molecule has 0 aliphatic heterocycles. The SMILES string of the molecule is COc1ccc(/C=C/C(=O)c2ccc(Cc3ccccc3)s2)cc1COc1ccc2c(c1)CCC2. The summed E-state index contributed by atoms with van der Waals surface area (Å²) in [5.74, 6) is 1.67. The molecule has 3 aromatic carbocycles. The molecule has 0 unspecified atom stereocenters. The molecule has 0 atom stereocenters. The van der Waals surface area contributed by atoms with Crippen LogP contribution in [0.4, 0.5) is 0 Å². The fraction of sp³-hybridized carbons (Fsp3) is 0.194. The molecule has 0 bridgehead atoms. The summed E-state index contributed by atoms with van der Waals surface area (Å²) >= 11 is 1.55. The van der Waals surface area contributed by atoms with Crippen molar-refractivity contribution < 1.29 is 14.3 Å². The Hall–Kier alpha value is -3.63. The first-order valence-corrected chi connectivity index (χ1v) is 12.8. The van der Waals surface area contributed by atoms with Crippen molar-refractivity contribution in [2.75, 3.05) is 7.11 Å². The van der Waals surface area contributed by atoms with Crippen LogP contribution >= 0.6 is 11.3 Å². The maximum Gasteiger partial charge on any atom is 0.195 e. The van der Waals surface area contributed by atoms with Gasteiger partial charge in [-0.15, -0.1) is 11.3 Å². The number of aryl methyl sites for hydroxylation is 2. The molecule has 176 valence electrons. The largest absolute Gasteiger partial charge is 0.496 e. The van der Waals surface area contributed by atoms with E-state index in [1.807, 2.05) is 60.7 Å². The van der Waals surface area contributed by atoms with Crippen molar-refractivity contribution >= 4 is 23.2 Å². The molecule has 0 saturated carbocycles. The molecule has 1 aliphatic carbocycles. The summed E-state index contributed by atoms with van der Waals surface area (Å²) in [4.78, 5) is 14.7. The number of benzene rings is 3. The molecule has 4 heteroatoms. The monoisotopic (exact) mass is 480 g/mol. The van der Waals surface area contributed by atoms with Gasteiger partial charge in [0.05, 0.1) is 12.0 Å². The number of ether oxygens (including phenoxy) is 2. The molecular weight excluding hydrogens is 452 g/mol. The molecule has 0 amide bonds. The molecule has 1 aliphatic rings. The van der Waals surface area contributed by atoms with Crippen LogP contribution in [-0.4, -0.2) is 12.9 Å². The number of carbonyl (C=O) groups excluding carboxylic acids is 1. The van der Waals surface area contributed by atoms with Gasteiger partial charge in [0.15, 0.2) is 5.78 Å². The number of carbonyl (C=O) groups is 1. The van der Waals surface area contributed by atoms with Gasteiger partial charge in [-0.2, -0.15) is 0 Å². The maximum atomic E-state index is 12.8. The zero-order chi connectivity index (χ0) is 24.0. The lowest BCUT2D eigenvalue weighted by atomic mass is 10.1. The highest BCUT2D eigenvalue weighted by molar-refractivity contribution is 7.14. The Balaban J connectivity index is 1.25. The molecule has 5 rings (SSSR count). The predicted molar refractivity (Wildman–Crippen MR) is 143 cm³/mol. The Kier molecular flexibility index (Phi) is 7.10. The van der Waals surface area contributed by atoms with Crippen molar-refractivity contribution in [2.45, 2.75) is 32.3 Å². The molecule has 4 aromatic rings. The van der Waals surface area contributed by atoms with E-state index in [0.717, 1.165) is 46.8 Å². The van der Waals surface area contributed by atoms with Crippen LogP contribution in [0.25, 0.3) is 6.08 Å². The van der Waals surface area contributed by atoms with Crippen LogP contribution in [0.5, 0.6) is 11.5 Å². The van der Waals surface area contributed by atoms with E-state index in [1.165, 1.54) is 28.0 Å². The molecular formula is C31H28O3S. The molecule has 0 radical (unpaired) electrons. The van der Waals surface area contributed by atoms with Gasteiger partial charge in [-0.25, -0.2) is 0 Å². The summed E-state index contributed by atoms with van der Waals surface area (Å²) in [5.41, 5.74) is 5.96. The number of ketones is 1. The summed E-state index contributed by atoms with van der Waals surface area (Å²) in [7, 11) is 1.66. The van der Waals surface area contributed by atoms with Crippen LogP contribution in [0.1, 0.15) is 48.8 Å². The van der Waals surface area contributed by atoms with E-state index in [1.54, 1.807) is 24.5 Å². The Morgan fingerprint density at radius 1 is 0.943 bits per heavy atom. The van der Waals surface area contributed by atoms with Crippen LogP contribution in [0.3, 0.4) is 0 Å². The second-order valence-electron chi connectivity index (χ2n) is 8.77. The summed E-state index contributed by atoms with van der Waals surface area (Å²) in [5, 5.41) is 0. The number of methoxy groups -OCH3 is 1. The van der Waals surface area contributed by atoms with E-state index in [0.29, 0.717) is 6.61 Å². The molecule has 0 spiro atoms. The summed E-state index contributed by atoms with van der Waals surface area (Å²) in [6.45, 7) is 0.408. The Morgan fingerprint density at radius 2 is 1.80 bits per heavy atom. The van der Waals surface area contributed by atoms with Crippen molar-refractivity contribution in [2.24, 2.45) is 0 Å². The van der Waals surface area contributed by atoms with Crippen molar-refractivity contribution in [3.8, 4) is 11.5 Å². The first-order chi connectivity index (χ1) is 17.2. The van der Waals surface area contributed by atoms with Crippen LogP contribution in [-0.2, 0) is 25.9 Å². The van der Waals surface area contributed by atoms with Gasteiger partial charge in [-0.05, 0) is 84.0 Å². The fourth-order valence-electron chi connectivity index (χ4n) is 4.47. The maximum absolute atomic E-state index is 12.8. The first kappa shape index (κ1) is 23.1. The molecule has 35 heavy (non-hydrogen) atoms. The summed E-state index contributed by atoms with van der Waals surface area (Å²) < 4.78 is 11.6. The minimum absolute atomic E-state index is 0.0149. The van der Waals surface area contributed by atoms with Gasteiger partial charge in [-0.1, -0.05) is 48.5 Å². The highest BCUT2D eigenvalue weighted by Gasteiger charge is 2.12. The third kappa shape index (κ3) is 5.72. The van der Waals surface area contributed by atoms with Crippen LogP contribution in [0.15, 0.2) is 84.9 Å². The van der Waals surface area contributed by atoms with E-state index in [-0.39, 0.29) is 5.78 Å². The summed E-state index contributed by atoms with van der Waals surface area (Å²) in [6.07, 6.45) is 7.86. The summed E-state index contributed by atoms with van der Waals surface area (Å²) in [6, 6.07) is 26.5. The second kappa shape index (κ2) is 10.7. The van der Waals surface area contributed by atoms with Crippen LogP contribution in [0.2, 0.25) is 0 Å². The minimum Gasteiger partial charge on any atom is -0.496 e. The average molecular weight is 481 g/mol. The van der Waals surface area contributed by atoms with E-state index < -0.39 is 0 Å². The number of allylic oxidation sites excluding steroid dienone is 1. The Labute approximate surface area is 210 Å². The molecule has 0 saturated heterocycles. The quantitative estimate of drug-likeness (QED) is 0.186. The van der Waals surface area contributed by atoms with Crippen LogP contribution < -0.4 is 9.47 Å². The fourth-order valence-corrected chi connectivity index (χ4v) is 5.43. The van der Waals surface area contributed by atoms with E-state index >= 15 is 0 Å². The number of hydrogen-bond acceptors (Lipinski definition) is 4. The Bertz CT molecular complexity index is 1350. The van der Waals surface area contributed by atoms with Crippen molar-refractivity contribution in [3.63, 3.8) is 0 Å². The molecule has 0 N–H and O–H groups in total. The number of thiophene rings is 1. The minimum atomic E-state index is 0.0149. The van der Waals surface area contributed by atoms with Crippen molar-refractivity contribution in [1.29, 1.82) is 0 Å². The molecule has 1 aromatic heterocycles. The molecule has 3 nitrogen and oxygen atoms in total. The highest BCUT2D eigenvalue weighted by atomic mass is 32.1. The van der Waals surface area contributed by atoms with Crippen molar-refractivity contribution in [1.82, 2.24) is 0 Å². The third-order valence-corrected chi connectivity index (χ3v) is 7.42. The standard InChI is InChI=1S/C31H28O3S/c1-33-30-16-11-23(18-26(30)21-34-27-13-12-24-8-5-9-25(24)20-27)10-15-29(32)31-17-14-28(35-31)19-22-6-3-2-4-7-22/h2-4,6-7,10-18,20H,5,8-9,19,21H2,1H3/b15-10+. The Morgan fingerprint density at radius 3 is 2.66 bits per heavy atom.